The van der Waals surface area contributed by atoms with Crippen LogP contribution in [0.4, 0.5) is 13.2 Å². The fraction of sp³-hybridized carbons (Fsp3) is 0.462. The van der Waals surface area contributed by atoms with Crippen LogP contribution in [0, 0.1) is 18.7 Å². The van der Waals surface area contributed by atoms with Crippen molar-refractivity contribution in [2.75, 3.05) is 0 Å². The Hall–Kier alpha value is -1.52. The van der Waals surface area contributed by atoms with Gasteiger partial charge in [0.15, 0.2) is 0 Å². The largest absolute Gasteiger partial charge is 0.481 e. The minimum atomic E-state index is -3.15. The van der Waals surface area contributed by atoms with Gasteiger partial charge in [-0.25, -0.2) is 13.2 Å². The number of aryl methyl sites for hydroxylation is 1. The highest BCUT2D eigenvalue weighted by molar-refractivity contribution is 5.66. The van der Waals surface area contributed by atoms with Gasteiger partial charge >= 0.3 is 5.97 Å². The summed E-state index contributed by atoms with van der Waals surface area (Å²) in [5.41, 5.74) is -0.128. The van der Waals surface area contributed by atoms with Crippen LogP contribution in [0.15, 0.2) is 18.2 Å². The van der Waals surface area contributed by atoms with Gasteiger partial charge in [-0.15, -0.1) is 0 Å². The normalized spacial score (nSPS) is 13.4. The maximum absolute atomic E-state index is 13.9. The van der Waals surface area contributed by atoms with Gasteiger partial charge < -0.3 is 5.11 Å². The minimum Gasteiger partial charge on any atom is -0.481 e. The molecule has 0 aliphatic carbocycles. The summed E-state index contributed by atoms with van der Waals surface area (Å²) in [5.74, 6) is -5.43. The molecule has 0 radical (unpaired) electrons. The molecule has 0 spiro atoms. The van der Waals surface area contributed by atoms with Crippen molar-refractivity contribution in [3.8, 4) is 0 Å². The second-order valence-electron chi connectivity index (χ2n) is 4.58. The smallest absolute Gasteiger partial charge is 0.303 e. The molecular weight excluding hydrogens is 245 g/mol. The summed E-state index contributed by atoms with van der Waals surface area (Å²) in [6.45, 7) is 2.87. The highest BCUT2D eigenvalue weighted by Gasteiger charge is 2.34. The van der Waals surface area contributed by atoms with Crippen molar-refractivity contribution in [2.24, 2.45) is 5.92 Å². The average Bonchev–Trinajstić information content (AvgIpc) is 2.19. The summed E-state index contributed by atoms with van der Waals surface area (Å²) in [7, 11) is 0. The van der Waals surface area contributed by atoms with Gasteiger partial charge in [0.05, 0.1) is 0 Å². The molecule has 2 nitrogen and oxygen atoms in total. The molecule has 0 amide bonds. The van der Waals surface area contributed by atoms with E-state index in [1.807, 2.05) is 0 Å². The van der Waals surface area contributed by atoms with Crippen LogP contribution in [0.25, 0.3) is 0 Å². The molecule has 1 aromatic rings. The second-order valence-corrected chi connectivity index (χ2v) is 4.58. The maximum atomic E-state index is 13.9. The summed E-state index contributed by atoms with van der Waals surface area (Å²) < 4.78 is 40.7. The SMILES string of the molecule is Cc1cc(C(F)(F)CC(C)CC(=O)O)ccc1F. The van der Waals surface area contributed by atoms with Crippen LogP contribution < -0.4 is 0 Å². The van der Waals surface area contributed by atoms with E-state index in [4.69, 9.17) is 5.11 Å². The molecule has 1 aromatic carbocycles. The zero-order valence-corrected chi connectivity index (χ0v) is 10.2. The summed E-state index contributed by atoms with van der Waals surface area (Å²) in [6, 6.07) is 3.14. The van der Waals surface area contributed by atoms with Crippen LogP contribution in [-0.4, -0.2) is 11.1 Å². The Labute approximate surface area is 103 Å². The summed E-state index contributed by atoms with van der Waals surface area (Å²) in [6.07, 6.45) is -0.875. The summed E-state index contributed by atoms with van der Waals surface area (Å²) in [4.78, 5) is 10.4. The second kappa shape index (κ2) is 5.42. The fourth-order valence-electron chi connectivity index (χ4n) is 1.80. The lowest BCUT2D eigenvalue weighted by molar-refractivity contribution is -0.138. The molecule has 1 unspecified atom stereocenters. The molecule has 0 fully saturated rings. The van der Waals surface area contributed by atoms with E-state index in [0.29, 0.717) is 0 Å². The molecule has 0 aliphatic rings. The van der Waals surface area contributed by atoms with E-state index in [0.717, 1.165) is 18.2 Å². The van der Waals surface area contributed by atoms with Crippen LogP contribution in [0.1, 0.15) is 30.9 Å². The third kappa shape index (κ3) is 3.75. The molecule has 1 atom stereocenters. The average molecular weight is 260 g/mol. The molecular formula is C13H15F3O2. The molecule has 0 saturated carbocycles. The van der Waals surface area contributed by atoms with Gasteiger partial charge in [0, 0.05) is 18.4 Å². The summed E-state index contributed by atoms with van der Waals surface area (Å²) in [5, 5.41) is 8.54. The molecule has 18 heavy (non-hydrogen) atoms. The molecule has 1 rings (SSSR count). The van der Waals surface area contributed by atoms with E-state index in [9.17, 15) is 18.0 Å². The van der Waals surface area contributed by atoms with Gasteiger partial charge in [0.2, 0.25) is 0 Å². The first-order chi connectivity index (χ1) is 8.22. The standard InChI is InChI=1S/C13H15F3O2/c1-8(5-12(17)18)7-13(15,16)10-3-4-11(14)9(2)6-10/h3-4,6,8H,5,7H2,1-2H3,(H,17,18). The van der Waals surface area contributed by atoms with Crippen molar-refractivity contribution in [1.29, 1.82) is 0 Å². The van der Waals surface area contributed by atoms with E-state index in [-0.39, 0.29) is 17.5 Å². The van der Waals surface area contributed by atoms with Gasteiger partial charge in [-0.05, 0) is 30.5 Å². The molecule has 0 aromatic heterocycles. The predicted octanol–water partition coefficient (Wildman–Crippen LogP) is 3.73. The number of hydrogen-bond donors (Lipinski definition) is 1. The van der Waals surface area contributed by atoms with Crippen LogP contribution in [-0.2, 0) is 10.7 Å². The Morgan fingerprint density at radius 1 is 1.44 bits per heavy atom. The topological polar surface area (TPSA) is 37.3 Å². The highest BCUT2D eigenvalue weighted by Crippen LogP contribution is 2.36. The van der Waals surface area contributed by atoms with E-state index < -0.39 is 30.0 Å². The zero-order chi connectivity index (χ0) is 13.9. The lowest BCUT2D eigenvalue weighted by Crippen LogP contribution is -2.19. The Balaban J connectivity index is 2.84. The Kier molecular flexibility index (Phi) is 4.38. The van der Waals surface area contributed by atoms with Crippen molar-refractivity contribution in [2.45, 2.75) is 32.6 Å². The van der Waals surface area contributed by atoms with Crippen LogP contribution in [0.3, 0.4) is 0 Å². The number of halogens is 3. The number of rotatable bonds is 5. The molecule has 1 N–H and O–H groups in total. The lowest BCUT2D eigenvalue weighted by atomic mass is 9.94. The van der Waals surface area contributed by atoms with Crippen molar-refractivity contribution in [3.63, 3.8) is 0 Å². The Morgan fingerprint density at radius 2 is 2.06 bits per heavy atom. The Morgan fingerprint density at radius 3 is 2.56 bits per heavy atom. The van der Waals surface area contributed by atoms with Crippen molar-refractivity contribution >= 4 is 5.97 Å². The number of benzene rings is 1. The quantitative estimate of drug-likeness (QED) is 0.875. The number of aliphatic carboxylic acids is 1. The third-order valence-electron chi connectivity index (χ3n) is 2.71. The molecule has 0 saturated heterocycles. The van der Waals surface area contributed by atoms with Crippen LogP contribution in [0.5, 0.6) is 0 Å². The molecule has 0 bridgehead atoms. The molecule has 100 valence electrons. The first kappa shape index (κ1) is 14.5. The maximum Gasteiger partial charge on any atom is 0.303 e. The fourth-order valence-corrected chi connectivity index (χ4v) is 1.80. The number of alkyl halides is 2. The van der Waals surface area contributed by atoms with E-state index in [2.05, 4.69) is 0 Å². The van der Waals surface area contributed by atoms with Crippen LogP contribution in [0.2, 0.25) is 0 Å². The van der Waals surface area contributed by atoms with Crippen molar-refractivity contribution in [3.05, 3.63) is 35.1 Å². The van der Waals surface area contributed by atoms with Crippen LogP contribution >= 0.6 is 0 Å². The predicted molar refractivity (Wildman–Crippen MR) is 61.1 cm³/mol. The molecule has 0 heterocycles. The van der Waals surface area contributed by atoms with Gasteiger partial charge in [-0.1, -0.05) is 13.0 Å². The first-order valence-corrected chi connectivity index (χ1v) is 5.58. The van der Waals surface area contributed by atoms with Gasteiger partial charge in [0.25, 0.3) is 5.92 Å². The van der Waals surface area contributed by atoms with E-state index in [1.54, 1.807) is 0 Å². The van der Waals surface area contributed by atoms with Crippen molar-refractivity contribution < 1.29 is 23.1 Å². The Bertz CT molecular complexity index is 444. The lowest BCUT2D eigenvalue weighted by Gasteiger charge is -2.20. The van der Waals surface area contributed by atoms with Crippen molar-refractivity contribution in [1.82, 2.24) is 0 Å². The zero-order valence-electron chi connectivity index (χ0n) is 10.2. The monoisotopic (exact) mass is 260 g/mol. The van der Waals surface area contributed by atoms with E-state index in [1.165, 1.54) is 13.8 Å². The number of carboxylic acids is 1. The number of hydrogen-bond acceptors (Lipinski definition) is 1. The summed E-state index contributed by atoms with van der Waals surface area (Å²) >= 11 is 0. The van der Waals surface area contributed by atoms with Gasteiger partial charge in [-0.3, -0.25) is 4.79 Å². The van der Waals surface area contributed by atoms with E-state index >= 15 is 0 Å². The van der Waals surface area contributed by atoms with Gasteiger partial charge in [0.1, 0.15) is 5.82 Å². The van der Waals surface area contributed by atoms with Gasteiger partial charge in [-0.2, -0.15) is 0 Å². The number of carbonyl (C=O) groups is 1. The first-order valence-electron chi connectivity index (χ1n) is 5.58. The molecule has 5 heteroatoms. The molecule has 0 aliphatic heterocycles. The number of carboxylic acid groups (broad SMARTS) is 1. The highest BCUT2D eigenvalue weighted by atomic mass is 19.3. The third-order valence-corrected chi connectivity index (χ3v) is 2.71. The minimum absolute atomic E-state index is 0.151.